The summed E-state index contributed by atoms with van der Waals surface area (Å²) in [6, 6.07) is 15.1. The molecule has 156 valence electrons. The number of amides is 1. The van der Waals surface area contributed by atoms with Crippen LogP contribution in [0.4, 0.5) is 23.3 Å². The summed E-state index contributed by atoms with van der Waals surface area (Å²) >= 11 is 7.50. The SMILES string of the molecule is CCc1ccccc1Nc1nc(N)nc(CSC(C)C(=O)Nc2ccccc2Cl)n1. The van der Waals surface area contributed by atoms with E-state index in [0.717, 1.165) is 17.7 Å². The first-order chi connectivity index (χ1) is 14.5. The van der Waals surface area contributed by atoms with Gasteiger partial charge in [0.25, 0.3) is 0 Å². The summed E-state index contributed by atoms with van der Waals surface area (Å²) < 4.78 is 0. The van der Waals surface area contributed by atoms with Crippen molar-refractivity contribution in [2.24, 2.45) is 0 Å². The zero-order valence-corrected chi connectivity index (χ0v) is 18.3. The lowest BCUT2D eigenvalue weighted by Crippen LogP contribution is -2.23. The van der Waals surface area contributed by atoms with Crippen LogP contribution in [-0.4, -0.2) is 26.1 Å². The Kier molecular flexibility index (Phi) is 7.48. The molecule has 1 amide bonds. The Labute approximate surface area is 184 Å². The minimum absolute atomic E-state index is 0.130. The zero-order valence-electron chi connectivity index (χ0n) is 16.7. The van der Waals surface area contributed by atoms with Gasteiger partial charge in [0.1, 0.15) is 5.82 Å². The number of benzene rings is 2. The van der Waals surface area contributed by atoms with E-state index in [1.807, 2.05) is 43.3 Å². The highest BCUT2D eigenvalue weighted by Crippen LogP contribution is 2.24. The van der Waals surface area contributed by atoms with Crippen molar-refractivity contribution >= 4 is 52.5 Å². The molecular weight excluding hydrogens is 420 g/mol. The van der Waals surface area contributed by atoms with Gasteiger partial charge in [-0.3, -0.25) is 4.79 Å². The number of nitrogens with zero attached hydrogens (tertiary/aromatic N) is 3. The van der Waals surface area contributed by atoms with Crippen molar-refractivity contribution in [3.63, 3.8) is 0 Å². The van der Waals surface area contributed by atoms with Crippen LogP contribution in [0.1, 0.15) is 25.2 Å². The molecule has 1 unspecified atom stereocenters. The van der Waals surface area contributed by atoms with Gasteiger partial charge >= 0.3 is 0 Å². The van der Waals surface area contributed by atoms with Crippen molar-refractivity contribution in [2.45, 2.75) is 31.3 Å². The maximum atomic E-state index is 12.5. The molecule has 0 spiro atoms. The molecule has 9 heteroatoms. The van der Waals surface area contributed by atoms with Crippen LogP contribution in [0.3, 0.4) is 0 Å². The Morgan fingerprint density at radius 3 is 2.53 bits per heavy atom. The van der Waals surface area contributed by atoms with Gasteiger partial charge in [0.15, 0.2) is 0 Å². The number of aryl methyl sites for hydroxylation is 1. The number of anilines is 4. The van der Waals surface area contributed by atoms with E-state index in [1.165, 1.54) is 11.8 Å². The van der Waals surface area contributed by atoms with Gasteiger partial charge < -0.3 is 16.4 Å². The van der Waals surface area contributed by atoms with Gasteiger partial charge in [0, 0.05) is 5.69 Å². The number of rotatable bonds is 8. The summed E-state index contributed by atoms with van der Waals surface area (Å²) in [5, 5.41) is 6.20. The number of carbonyl (C=O) groups excluding carboxylic acids is 1. The molecule has 7 nitrogen and oxygen atoms in total. The number of halogens is 1. The molecule has 0 aliphatic heterocycles. The predicted octanol–water partition coefficient (Wildman–Crippen LogP) is 4.67. The zero-order chi connectivity index (χ0) is 21.5. The molecule has 30 heavy (non-hydrogen) atoms. The summed E-state index contributed by atoms with van der Waals surface area (Å²) in [4.78, 5) is 25.3. The number of hydrogen-bond acceptors (Lipinski definition) is 7. The average Bonchev–Trinajstić information content (AvgIpc) is 2.73. The Balaban J connectivity index is 1.64. The van der Waals surface area contributed by atoms with Crippen LogP contribution in [0.2, 0.25) is 5.02 Å². The van der Waals surface area contributed by atoms with E-state index in [9.17, 15) is 4.79 Å². The second-order valence-electron chi connectivity index (χ2n) is 6.49. The maximum Gasteiger partial charge on any atom is 0.237 e. The molecule has 0 bridgehead atoms. The Hall–Kier alpha value is -2.84. The Morgan fingerprint density at radius 1 is 1.10 bits per heavy atom. The first kappa shape index (κ1) is 21.9. The van der Waals surface area contributed by atoms with Gasteiger partial charge in [0.05, 0.1) is 21.7 Å². The molecule has 0 saturated carbocycles. The van der Waals surface area contributed by atoms with Crippen LogP contribution in [0.15, 0.2) is 48.5 Å². The van der Waals surface area contributed by atoms with E-state index in [4.69, 9.17) is 17.3 Å². The predicted molar refractivity (Wildman–Crippen MR) is 124 cm³/mol. The van der Waals surface area contributed by atoms with Crippen LogP contribution in [0.25, 0.3) is 0 Å². The summed E-state index contributed by atoms with van der Waals surface area (Å²) in [6.07, 6.45) is 0.879. The van der Waals surface area contributed by atoms with E-state index in [0.29, 0.717) is 28.2 Å². The summed E-state index contributed by atoms with van der Waals surface area (Å²) in [5.74, 6) is 1.28. The fraction of sp³-hybridized carbons (Fsp3) is 0.238. The summed E-state index contributed by atoms with van der Waals surface area (Å²) in [5.41, 5.74) is 8.53. The molecule has 0 fully saturated rings. The van der Waals surface area contributed by atoms with Crippen molar-refractivity contribution in [3.8, 4) is 0 Å². The van der Waals surface area contributed by atoms with Gasteiger partial charge in [-0.05, 0) is 37.1 Å². The number of para-hydroxylation sites is 2. The first-order valence-electron chi connectivity index (χ1n) is 9.48. The first-order valence-corrected chi connectivity index (χ1v) is 10.9. The lowest BCUT2D eigenvalue weighted by atomic mass is 10.1. The van der Waals surface area contributed by atoms with Crippen molar-refractivity contribution in [3.05, 3.63) is 64.9 Å². The quantitative estimate of drug-likeness (QED) is 0.465. The van der Waals surface area contributed by atoms with Crippen molar-refractivity contribution < 1.29 is 4.79 Å². The third kappa shape index (κ3) is 5.84. The maximum absolute atomic E-state index is 12.5. The number of nitrogens with one attached hydrogen (secondary N) is 2. The standard InChI is InChI=1S/C21H23ClN6OS/c1-3-14-8-4-6-10-16(14)25-21-27-18(26-20(23)28-21)12-30-13(2)19(29)24-17-11-7-5-9-15(17)22/h4-11,13H,3,12H2,1-2H3,(H,24,29)(H3,23,25,26,27,28). The normalized spacial score (nSPS) is 11.7. The van der Waals surface area contributed by atoms with Crippen LogP contribution >= 0.6 is 23.4 Å². The van der Waals surface area contributed by atoms with Gasteiger partial charge in [0.2, 0.25) is 17.8 Å². The number of hydrogen-bond donors (Lipinski definition) is 3. The highest BCUT2D eigenvalue weighted by Gasteiger charge is 2.16. The largest absolute Gasteiger partial charge is 0.368 e. The highest BCUT2D eigenvalue weighted by atomic mass is 35.5. The molecule has 1 atom stereocenters. The molecule has 1 aromatic heterocycles. The summed E-state index contributed by atoms with van der Waals surface area (Å²) in [6.45, 7) is 3.90. The minimum atomic E-state index is -0.337. The second-order valence-corrected chi connectivity index (χ2v) is 8.23. The van der Waals surface area contributed by atoms with E-state index in [-0.39, 0.29) is 17.1 Å². The smallest absolute Gasteiger partial charge is 0.237 e. The monoisotopic (exact) mass is 442 g/mol. The van der Waals surface area contributed by atoms with Gasteiger partial charge in [-0.2, -0.15) is 15.0 Å². The molecule has 1 heterocycles. The number of nitrogens with two attached hydrogens (primary N) is 1. The minimum Gasteiger partial charge on any atom is -0.368 e. The van der Waals surface area contributed by atoms with Crippen LogP contribution in [0, 0.1) is 0 Å². The van der Waals surface area contributed by atoms with Crippen molar-refractivity contribution in [1.29, 1.82) is 0 Å². The van der Waals surface area contributed by atoms with Gasteiger partial charge in [-0.25, -0.2) is 0 Å². The third-order valence-corrected chi connectivity index (χ3v) is 5.78. The number of nitrogen functional groups attached to an aromatic ring is 1. The van der Waals surface area contributed by atoms with Crippen LogP contribution in [0.5, 0.6) is 0 Å². The van der Waals surface area contributed by atoms with Crippen LogP contribution < -0.4 is 16.4 Å². The lowest BCUT2D eigenvalue weighted by molar-refractivity contribution is -0.115. The fourth-order valence-electron chi connectivity index (χ4n) is 2.70. The second kappa shape index (κ2) is 10.3. The molecule has 2 aromatic carbocycles. The molecule has 3 aromatic rings. The Morgan fingerprint density at radius 2 is 1.80 bits per heavy atom. The highest BCUT2D eigenvalue weighted by molar-refractivity contribution is 7.99. The molecule has 0 saturated heterocycles. The number of aromatic nitrogens is 3. The van der Waals surface area contributed by atoms with Gasteiger partial charge in [-0.15, -0.1) is 11.8 Å². The fourth-order valence-corrected chi connectivity index (χ4v) is 3.62. The summed E-state index contributed by atoms with van der Waals surface area (Å²) in [7, 11) is 0. The Bertz CT molecular complexity index is 1030. The van der Waals surface area contributed by atoms with Crippen molar-refractivity contribution in [1.82, 2.24) is 15.0 Å². The van der Waals surface area contributed by atoms with Gasteiger partial charge in [-0.1, -0.05) is 48.9 Å². The van der Waals surface area contributed by atoms with Crippen LogP contribution in [-0.2, 0) is 17.0 Å². The number of carbonyl (C=O) groups is 1. The molecule has 0 aliphatic rings. The molecule has 3 rings (SSSR count). The average molecular weight is 443 g/mol. The van der Waals surface area contributed by atoms with E-state index >= 15 is 0 Å². The third-order valence-electron chi connectivity index (χ3n) is 4.31. The number of thioether (sulfide) groups is 1. The van der Waals surface area contributed by atoms with E-state index in [1.54, 1.807) is 12.1 Å². The lowest BCUT2D eigenvalue weighted by Gasteiger charge is -2.13. The molecule has 0 aliphatic carbocycles. The molecular formula is C21H23ClN6OS. The van der Waals surface area contributed by atoms with E-state index < -0.39 is 0 Å². The molecule has 0 radical (unpaired) electrons. The molecule has 4 N–H and O–H groups in total. The van der Waals surface area contributed by atoms with E-state index in [2.05, 4.69) is 32.5 Å². The van der Waals surface area contributed by atoms with Crippen molar-refractivity contribution in [2.75, 3.05) is 16.4 Å². The topological polar surface area (TPSA) is 106 Å².